The van der Waals surface area contributed by atoms with Crippen molar-refractivity contribution >= 4 is 27.7 Å². The number of carbonyl (C=O) groups is 2. The third-order valence-electron chi connectivity index (χ3n) is 5.76. The summed E-state index contributed by atoms with van der Waals surface area (Å²) in [7, 11) is -3.71. The van der Waals surface area contributed by atoms with Gasteiger partial charge in [-0.2, -0.15) is 4.31 Å². The molecule has 0 aliphatic carbocycles. The van der Waals surface area contributed by atoms with Crippen molar-refractivity contribution in [2.45, 2.75) is 57.6 Å². The van der Waals surface area contributed by atoms with Crippen LogP contribution in [0.25, 0.3) is 5.65 Å². The van der Waals surface area contributed by atoms with Gasteiger partial charge in [-0.1, -0.05) is 19.1 Å². The first-order chi connectivity index (χ1) is 19.0. The Hall–Kier alpha value is -3.48. The van der Waals surface area contributed by atoms with Gasteiger partial charge >= 0.3 is 6.09 Å². The van der Waals surface area contributed by atoms with Crippen LogP contribution in [0.3, 0.4) is 0 Å². The van der Waals surface area contributed by atoms with Crippen LogP contribution in [0, 0.1) is 0 Å². The lowest BCUT2D eigenvalue weighted by Gasteiger charge is -2.22. The Labute approximate surface area is 235 Å². The number of hydrogen-bond acceptors (Lipinski definition) is 7. The van der Waals surface area contributed by atoms with Gasteiger partial charge in [0.15, 0.2) is 0 Å². The lowest BCUT2D eigenvalue weighted by Crippen LogP contribution is -2.35. The zero-order chi connectivity index (χ0) is 29.2. The number of aromatic nitrogens is 2. The van der Waals surface area contributed by atoms with E-state index < -0.39 is 21.7 Å². The molecular weight excluding hydrogens is 534 g/mol. The van der Waals surface area contributed by atoms with Crippen LogP contribution in [-0.2, 0) is 26.0 Å². The summed E-state index contributed by atoms with van der Waals surface area (Å²) in [5.41, 5.74) is 1.48. The largest absolute Gasteiger partial charge is 0.444 e. The number of ether oxygens (including phenoxy) is 2. The highest BCUT2D eigenvalue weighted by Crippen LogP contribution is 2.17. The van der Waals surface area contributed by atoms with Crippen LogP contribution in [0.15, 0.2) is 59.9 Å². The van der Waals surface area contributed by atoms with Crippen LogP contribution in [-0.4, -0.2) is 72.6 Å². The molecule has 2 heterocycles. The number of sulfonamides is 1. The van der Waals surface area contributed by atoms with Crippen molar-refractivity contribution in [2.75, 3.05) is 32.8 Å². The average molecular weight is 574 g/mol. The van der Waals surface area contributed by atoms with Gasteiger partial charge < -0.3 is 24.5 Å². The molecule has 1 aromatic carbocycles. The molecule has 0 spiro atoms. The van der Waals surface area contributed by atoms with E-state index in [1.54, 1.807) is 80.2 Å². The topological polar surface area (TPSA) is 131 Å². The molecule has 12 heteroatoms. The zero-order valence-electron chi connectivity index (χ0n) is 23.6. The van der Waals surface area contributed by atoms with Crippen molar-refractivity contribution in [3.63, 3.8) is 0 Å². The van der Waals surface area contributed by atoms with Gasteiger partial charge in [-0.3, -0.25) is 4.79 Å². The molecular formula is C28H39N5O6S. The lowest BCUT2D eigenvalue weighted by atomic mass is 10.2. The third-order valence-corrected chi connectivity index (χ3v) is 7.67. The van der Waals surface area contributed by atoms with E-state index >= 15 is 0 Å². The minimum atomic E-state index is -3.71. The molecule has 2 aromatic heterocycles. The van der Waals surface area contributed by atoms with E-state index in [1.807, 2.05) is 6.92 Å². The van der Waals surface area contributed by atoms with Crippen LogP contribution in [0.5, 0.6) is 0 Å². The molecule has 11 nitrogen and oxygen atoms in total. The van der Waals surface area contributed by atoms with E-state index in [-0.39, 0.29) is 30.5 Å². The molecule has 2 N–H and O–H groups in total. The zero-order valence-corrected chi connectivity index (χ0v) is 24.4. The smallest absolute Gasteiger partial charge is 0.407 e. The highest BCUT2D eigenvalue weighted by Gasteiger charge is 2.23. The number of pyridine rings is 1. The molecule has 0 atom stereocenters. The number of fused-ring (bicyclic) bond motifs is 1. The Bertz CT molecular complexity index is 1370. The third kappa shape index (κ3) is 9.32. The Balaban J connectivity index is 1.45. The summed E-state index contributed by atoms with van der Waals surface area (Å²) in [4.78, 5) is 28.6. The van der Waals surface area contributed by atoms with Gasteiger partial charge in [-0.25, -0.2) is 18.2 Å². The van der Waals surface area contributed by atoms with Crippen molar-refractivity contribution in [1.82, 2.24) is 24.3 Å². The Morgan fingerprint density at radius 3 is 2.48 bits per heavy atom. The molecule has 0 aliphatic heterocycles. The number of amides is 2. The van der Waals surface area contributed by atoms with Crippen molar-refractivity contribution in [1.29, 1.82) is 0 Å². The minimum absolute atomic E-state index is 0.183. The van der Waals surface area contributed by atoms with Crippen molar-refractivity contribution in [2.24, 2.45) is 0 Å². The molecule has 0 fully saturated rings. The van der Waals surface area contributed by atoms with E-state index in [4.69, 9.17) is 9.47 Å². The first kappa shape index (κ1) is 31.1. The second-order valence-electron chi connectivity index (χ2n) is 10.2. The fourth-order valence-corrected chi connectivity index (χ4v) is 5.33. The summed E-state index contributed by atoms with van der Waals surface area (Å²) in [5, 5.41) is 5.52. The van der Waals surface area contributed by atoms with Gasteiger partial charge in [0.05, 0.1) is 17.1 Å². The molecule has 0 aliphatic rings. The first-order valence-electron chi connectivity index (χ1n) is 13.3. The maximum absolute atomic E-state index is 13.3. The predicted octanol–water partition coefficient (Wildman–Crippen LogP) is 3.60. The highest BCUT2D eigenvalue weighted by atomic mass is 32.2. The number of nitrogens with zero attached hydrogens (tertiary/aromatic N) is 3. The molecule has 2 amide bonds. The molecule has 3 aromatic rings. The average Bonchev–Trinajstić information content (AvgIpc) is 3.38. The van der Waals surface area contributed by atoms with E-state index in [9.17, 15) is 18.0 Å². The number of rotatable bonds is 14. The predicted molar refractivity (Wildman–Crippen MR) is 152 cm³/mol. The first-order valence-corrected chi connectivity index (χ1v) is 14.8. The second-order valence-corrected chi connectivity index (χ2v) is 12.2. The monoisotopic (exact) mass is 573 g/mol. The number of imidazole rings is 1. The summed E-state index contributed by atoms with van der Waals surface area (Å²) < 4.78 is 40.5. The molecule has 3 rings (SSSR count). The van der Waals surface area contributed by atoms with Crippen LogP contribution >= 0.6 is 0 Å². The Morgan fingerprint density at radius 1 is 1.02 bits per heavy atom. The summed E-state index contributed by atoms with van der Waals surface area (Å²) in [6.07, 6.45) is 5.90. The van der Waals surface area contributed by atoms with E-state index in [0.29, 0.717) is 38.1 Å². The Morgan fingerprint density at radius 2 is 1.77 bits per heavy atom. The maximum Gasteiger partial charge on any atom is 0.407 e. The number of carbonyl (C=O) groups excluding carboxylic acids is 2. The quantitative estimate of drug-likeness (QED) is 0.282. The summed E-state index contributed by atoms with van der Waals surface area (Å²) >= 11 is 0. The van der Waals surface area contributed by atoms with Gasteiger partial charge in [0.1, 0.15) is 11.2 Å². The van der Waals surface area contributed by atoms with E-state index in [2.05, 4.69) is 15.6 Å². The highest BCUT2D eigenvalue weighted by molar-refractivity contribution is 7.89. The standard InChI is InChI=1S/C28H39N5O6S/c1-5-15-33(17-19-38-18-6-13-30-27(35)39-28(2,3)4)40(36,37)24-10-7-22(8-11-24)20-31-26(34)23-9-12-25-29-14-16-32(25)21-23/h7-12,14,16,21H,5-6,13,15,17-20H2,1-4H3,(H,30,35)(H,31,34). The van der Waals surface area contributed by atoms with Crippen molar-refractivity contribution in [3.8, 4) is 0 Å². The van der Waals surface area contributed by atoms with E-state index in [1.165, 1.54) is 4.31 Å². The molecule has 0 radical (unpaired) electrons. The fraction of sp³-hybridized carbons (Fsp3) is 0.464. The van der Waals surface area contributed by atoms with Crippen LogP contribution in [0.4, 0.5) is 4.79 Å². The molecule has 0 unspecified atom stereocenters. The summed E-state index contributed by atoms with van der Waals surface area (Å²) in [5.74, 6) is -0.234. The number of benzene rings is 1. The van der Waals surface area contributed by atoms with Gasteiger partial charge in [0.2, 0.25) is 10.0 Å². The molecule has 40 heavy (non-hydrogen) atoms. The second kappa shape index (κ2) is 14.2. The number of nitrogens with one attached hydrogen (secondary N) is 2. The molecule has 0 bridgehead atoms. The van der Waals surface area contributed by atoms with Crippen LogP contribution < -0.4 is 10.6 Å². The molecule has 0 saturated carbocycles. The van der Waals surface area contributed by atoms with Crippen molar-refractivity contribution < 1.29 is 27.5 Å². The van der Waals surface area contributed by atoms with Gasteiger partial charge in [-0.15, -0.1) is 0 Å². The Kier molecular flexibility index (Phi) is 11.1. The van der Waals surface area contributed by atoms with Crippen LogP contribution in [0.1, 0.15) is 56.5 Å². The molecule has 0 saturated heterocycles. The summed E-state index contributed by atoms with van der Waals surface area (Å²) in [6, 6.07) is 9.99. The van der Waals surface area contributed by atoms with Crippen molar-refractivity contribution in [3.05, 3.63) is 66.1 Å². The van der Waals surface area contributed by atoms with E-state index in [0.717, 1.165) is 11.2 Å². The summed E-state index contributed by atoms with van der Waals surface area (Å²) in [6.45, 7) is 9.17. The molecule has 218 valence electrons. The maximum atomic E-state index is 13.3. The normalized spacial score (nSPS) is 12.0. The number of hydrogen-bond donors (Lipinski definition) is 2. The van der Waals surface area contributed by atoms with Crippen LogP contribution in [0.2, 0.25) is 0 Å². The van der Waals surface area contributed by atoms with Gasteiger partial charge in [0.25, 0.3) is 5.91 Å². The SMILES string of the molecule is CCCN(CCOCCCNC(=O)OC(C)(C)C)S(=O)(=O)c1ccc(CNC(=O)c2ccc3nccn3c2)cc1. The minimum Gasteiger partial charge on any atom is -0.444 e. The number of alkyl carbamates (subject to hydrolysis) is 1. The lowest BCUT2D eigenvalue weighted by molar-refractivity contribution is 0.0518. The van der Waals surface area contributed by atoms with Gasteiger partial charge in [0, 0.05) is 51.4 Å². The van der Waals surface area contributed by atoms with Gasteiger partial charge in [-0.05, 0) is 63.4 Å². The fourth-order valence-electron chi connectivity index (χ4n) is 3.82.